The molecule has 0 radical (unpaired) electrons. The first-order valence-electron chi connectivity index (χ1n) is 10.2. The van der Waals surface area contributed by atoms with Crippen molar-refractivity contribution in [2.75, 3.05) is 13.2 Å². The molecular formula is C20H27N3O5. The fraction of sp³-hybridized carbons (Fsp3) is 0.750. The summed E-state index contributed by atoms with van der Waals surface area (Å²) >= 11 is 0. The molecule has 28 heavy (non-hydrogen) atoms. The molecule has 152 valence electrons. The fourth-order valence-corrected chi connectivity index (χ4v) is 4.60. The van der Waals surface area contributed by atoms with Crippen LogP contribution in [0, 0.1) is 23.2 Å². The largest absolute Gasteiger partial charge is 0.456 e. The second-order valence-corrected chi connectivity index (χ2v) is 8.04. The molecule has 0 aromatic carbocycles. The van der Waals surface area contributed by atoms with Crippen molar-refractivity contribution in [2.24, 2.45) is 11.8 Å². The van der Waals surface area contributed by atoms with Gasteiger partial charge in [-0.1, -0.05) is 32.1 Å². The minimum absolute atomic E-state index is 0.00669. The van der Waals surface area contributed by atoms with Crippen LogP contribution < -0.4 is 5.32 Å². The van der Waals surface area contributed by atoms with Gasteiger partial charge in [0, 0.05) is 6.54 Å². The third kappa shape index (κ3) is 4.34. The number of nitrogens with one attached hydrogen (secondary N) is 1. The smallest absolute Gasteiger partial charge is 0.308 e. The molecule has 0 spiro atoms. The van der Waals surface area contributed by atoms with E-state index in [0.29, 0.717) is 12.8 Å². The van der Waals surface area contributed by atoms with Gasteiger partial charge in [0.05, 0.1) is 24.3 Å². The van der Waals surface area contributed by atoms with Crippen LogP contribution in [0.15, 0.2) is 0 Å². The SMILES string of the molecule is N#CC1(NC(=O)COC(=O)CCN2C(=O)[C@H]3CCCC[C@@H]3C2=O)CCCCC1. The molecule has 8 heteroatoms. The number of hydrogen-bond donors (Lipinski definition) is 1. The summed E-state index contributed by atoms with van der Waals surface area (Å²) < 4.78 is 4.97. The standard InChI is InChI=1S/C20H27N3O5/c21-13-20(9-4-1-5-10-20)22-16(24)12-28-17(25)8-11-23-18(26)14-6-2-3-7-15(14)19(23)27/h14-15H,1-12H2,(H,22,24)/t14-,15-/m0/s1. The molecule has 2 saturated carbocycles. The van der Waals surface area contributed by atoms with E-state index in [2.05, 4.69) is 11.4 Å². The number of carbonyl (C=O) groups is 4. The number of ether oxygens (including phenoxy) is 1. The van der Waals surface area contributed by atoms with Crippen molar-refractivity contribution in [3.63, 3.8) is 0 Å². The molecule has 3 aliphatic rings. The van der Waals surface area contributed by atoms with Gasteiger partial charge in [0.2, 0.25) is 11.8 Å². The van der Waals surface area contributed by atoms with E-state index in [9.17, 15) is 24.4 Å². The Hall–Kier alpha value is -2.43. The van der Waals surface area contributed by atoms with Gasteiger partial charge < -0.3 is 10.1 Å². The summed E-state index contributed by atoms with van der Waals surface area (Å²) in [6.45, 7) is -0.470. The molecule has 8 nitrogen and oxygen atoms in total. The van der Waals surface area contributed by atoms with Crippen molar-refractivity contribution in [1.29, 1.82) is 5.26 Å². The molecule has 2 atom stereocenters. The van der Waals surface area contributed by atoms with Crippen molar-refractivity contribution in [1.82, 2.24) is 10.2 Å². The van der Waals surface area contributed by atoms with E-state index in [4.69, 9.17) is 4.74 Å². The van der Waals surface area contributed by atoms with Crippen LogP contribution >= 0.6 is 0 Å². The lowest BCUT2D eigenvalue weighted by atomic mass is 9.81. The number of nitriles is 1. The molecule has 0 bridgehead atoms. The average Bonchev–Trinajstić information content (AvgIpc) is 2.96. The highest BCUT2D eigenvalue weighted by Crippen LogP contribution is 2.38. The first-order chi connectivity index (χ1) is 13.5. The van der Waals surface area contributed by atoms with Crippen LogP contribution in [0.25, 0.3) is 0 Å². The minimum atomic E-state index is -0.869. The normalized spacial score (nSPS) is 26.3. The molecule has 1 N–H and O–H groups in total. The number of hydrogen-bond acceptors (Lipinski definition) is 6. The lowest BCUT2D eigenvalue weighted by Gasteiger charge is -2.31. The predicted molar refractivity (Wildman–Crippen MR) is 97.3 cm³/mol. The van der Waals surface area contributed by atoms with E-state index in [-0.39, 0.29) is 36.6 Å². The van der Waals surface area contributed by atoms with Gasteiger partial charge >= 0.3 is 5.97 Å². The molecule has 3 rings (SSSR count). The van der Waals surface area contributed by atoms with Crippen LogP contribution in [0.4, 0.5) is 0 Å². The Bertz CT molecular complexity index is 668. The van der Waals surface area contributed by atoms with Crippen molar-refractivity contribution >= 4 is 23.7 Å². The van der Waals surface area contributed by atoms with Crippen LogP contribution in [0.5, 0.6) is 0 Å². The van der Waals surface area contributed by atoms with Gasteiger partial charge in [-0.05, 0) is 25.7 Å². The zero-order valence-electron chi connectivity index (χ0n) is 16.1. The summed E-state index contributed by atoms with van der Waals surface area (Å²) in [4.78, 5) is 49.9. The van der Waals surface area contributed by atoms with Crippen LogP contribution in [0.1, 0.15) is 64.2 Å². The third-order valence-corrected chi connectivity index (χ3v) is 6.14. The highest BCUT2D eigenvalue weighted by Gasteiger charge is 2.47. The van der Waals surface area contributed by atoms with E-state index < -0.39 is 24.0 Å². The van der Waals surface area contributed by atoms with E-state index in [1.807, 2.05) is 0 Å². The first kappa shape index (κ1) is 20.3. The Morgan fingerprint density at radius 2 is 1.68 bits per heavy atom. The quantitative estimate of drug-likeness (QED) is 0.543. The average molecular weight is 389 g/mol. The molecular weight excluding hydrogens is 362 g/mol. The lowest BCUT2D eigenvalue weighted by Crippen LogP contribution is -2.50. The number of likely N-dealkylation sites (tertiary alicyclic amines) is 1. The van der Waals surface area contributed by atoms with Crippen LogP contribution in [0.3, 0.4) is 0 Å². The topological polar surface area (TPSA) is 117 Å². The number of nitrogens with zero attached hydrogens (tertiary/aromatic N) is 2. The molecule has 1 aliphatic heterocycles. The fourth-order valence-electron chi connectivity index (χ4n) is 4.60. The van der Waals surface area contributed by atoms with Gasteiger partial charge in [-0.25, -0.2) is 0 Å². The second kappa shape index (κ2) is 8.72. The van der Waals surface area contributed by atoms with E-state index in [0.717, 1.165) is 44.9 Å². The summed E-state index contributed by atoms with van der Waals surface area (Å²) in [5.41, 5.74) is -0.869. The van der Waals surface area contributed by atoms with Gasteiger partial charge in [-0.3, -0.25) is 24.1 Å². The molecule has 1 heterocycles. The van der Waals surface area contributed by atoms with Crippen LogP contribution in [0.2, 0.25) is 0 Å². The molecule has 0 unspecified atom stereocenters. The predicted octanol–water partition coefficient (Wildman–Crippen LogP) is 1.44. The Morgan fingerprint density at radius 3 is 2.25 bits per heavy atom. The zero-order chi connectivity index (χ0) is 20.1. The van der Waals surface area contributed by atoms with Gasteiger partial charge in [-0.15, -0.1) is 0 Å². The highest BCUT2D eigenvalue weighted by atomic mass is 16.5. The summed E-state index contributed by atoms with van der Waals surface area (Å²) in [7, 11) is 0. The summed E-state index contributed by atoms with van der Waals surface area (Å²) in [6, 6.07) is 2.18. The van der Waals surface area contributed by atoms with Crippen LogP contribution in [-0.2, 0) is 23.9 Å². The van der Waals surface area contributed by atoms with Crippen LogP contribution in [-0.4, -0.2) is 47.3 Å². The maximum absolute atomic E-state index is 12.4. The van der Waals surface area contributed by atoms with Crippen molar-refractivity contribution in [3.8, 4) is 6.07 Å². The van der Waals surface area contributed by atoms with Gasteiger partial charge in [0.15, 0.2) is 6.61 Å². The highest BCUT2D eigenvalue weighted by molar-refractivity contribution is 6.05. The molecule has 1 saturated heterocycles. The number of rotatable bonds is 6. The molecule has 0 aromatic heterocycles. The Kier molecular flexibility index (Phi) is 6.32. The van der Waals surface area contributed by atoms with E-state index in [1.165, 1.54) is 4.90 Å². The Balaban J connectivity index is 1.42. The number of fused-ring (bicyclic) bond motifs is 1. The summed E-state index contributed by atoms with van der Waals surface area (Å²) in [5, 5.41) is 12.1. The number of carbonyl (C=O) groups excluding carboxylic acids is 4. The lowest BCUT2D eigenvalue weighted by molar-refractivity contribution is -0.150. The summed E-state index contributed by atoms with van der Waals surface area (Å²) in [6.07, 6.45) is 7.26. The Morgan fingerprint density at radius 1 is 1.07 bits per heavy atom. The summed E-state index contributed by atoms with van der Waals surface area (Å²) in [5.74, 6) is -1.99. The number of amides is 3. The first-order valence-corrected chi connectivity index (χ1v) is 10.2. The Labute approximate surface area is 164 Å². The molecule has 0 aromatic rings. The zero-order valence-corrected chi connectivity index (χ0v) is 16.1. The van der Waals surface area contributed by atoms with Gasteiger partial charge in [0.25, 0.3) is 5.91 Å². The van der Waals surface area contributed by atoms with Gasteiger partial charge in [-0.2, -0.15) is 5.26 Å². The maximum atomic E-state index is 12.4. The minimum Gasteiger partial charge on any atom is -0.456 e. The number of imide groups is 1. The maximum Gasteiger partial charge on any atom is 0.308 e. The second-order valence-electron chi connectivity index (χ2n) is 8.04. The monoisotopic (exact) mass is 389 g/mol. The van der Waals surface area contributed by atoms with E-state index >= 15 is 0 Å². The van der Waals surface area contributed by atoms with E-state index in [1.54, 1.807) is 0 Å². The van der Waals surface area contributed by atoms with Crippen molar-refractivity contribution < 1.29 is 23.9 Å². The van der Waals surface area contributed by atoms with Crippen molar-refractivity contribution in [3.05, 3.63) is 0 Å². The molecule has 3 amide bonds. The van der Waals surface area contributed by atoms with Crippen molar-refractivity contribution in [2.45, 2.75) is 69.7 Å². The molecule has 2 aliphatic carbocycles. The molecule has 3 fully saturated rings. The third-order valence-electron chi connectivity index (χ3n) is 6.14. The van der Waals surface area contributed by atoms with Gasteiger partial charge in [0.1, 0.15) is 5.54 Å². The number of esters is 1.